The van der Waals surface area contributed by atoms with Crippen molar-refractivity contribution in [2.75, 3.05) is 5.32 Å². The summed E-state index contributed by atoms with van der Waals surface area (Å²) in [6.07, 6.45) is 0. The van der Waals surface area contributed by atoms with E-state index >= 15 is 0 Å². The van der Waals surface area contributed by atoms with Gasteiger partial charge in [0, 0.05) is 5.69 Å². The number of nitrogens with zero attached hydrogens (tertiary/aromatic N) is 1. The molecular weight excluding hydrogens is 249 g/mol. The molecule has 5 nitrogen and oxygen atoms in total. The summed E-state index contributed by atoms with van der Waals surface area (Å²) >= 11 is 0. The lowest BCUT2D eigenvalue weighted by Crippen LogP contribution is -2.11. The molecule has 1 heterocycles. The number of carbonyl (C=O) groups excluding carboxylic acids is 1. The van der Waals surface area contributed by atoms with Crippen LogP contribution in [0.4, 0.5) is 10.1 Å². The summed E-state index contributed by atoms with van der Waals surface area (Å²) in [5, 5.41) is 11.2. The normalized spacial score (nSPS) is 9.95. The van der Waals surface area contributed by atoms with Gasteiger partial charge in [-0.2, -0.15) is 5.26 Å². The number of amides is 1. The Morgan fingerprint density at radius 2 is 2.21 bits per heavy atom. The lowest BCUT2D eigenvalue weighted by Gasteiger charge is -2.03. The molecule has 2 aromatic rings. The summed E-state index contributed by atoms with van der Waals surface area (Å²) in [5.74, 6) is -0.538. The van der Waals surface area contributed by atoms with E-state index in [-0.39, 0.29) is 17.9 Å². The number of hydrogen-bond donors (Lipinski definition) is 2. The van der Waals surface area contributed by atoms with Gasteiger partial charge in [-0.15, -0.1) is 0 Å². The summed E-state index contributed by atoms with van der Waals surface area (Å²) in [6.45, 7) is 0.197. The van der Waals surface area contributed by atoms with Gasteiger partial charge in [-0.3, -0.25) is 4.79 Å². The van der Waals surface area contributed by atoms with Gasteiger partial charge in [0.2, 0.25) is 0 Å². The smallest absolute Gasteiger partial charge is 0.291 e. The summed E-state index contributed by atoms with van der Waals surface area (Å²) < 4.78 is 18.3. The van der Waals surface area contributed by atoms with Crippen molar-refractivity contribution in [3.05, 3.63) is 53.2 Å². The highest BCUT2D eigenvalue weighted by atomic mass is 19.1. The van der Waals surface area contributed by atoms with Crippen molar-refractivity contribution in [3.8, 4) is 6.07 Å². The van der Waals surface area contributed by atoms with E-state index in [9.17, 15) is 9.18 Å². The third-order valence-corrected chi connectivity index (χ3v) is 2.43. The molecule has 0 aliphatic carbocycles. The first-order valence-electron chi connectivity index (χ1n) is 5.44. The minimum atomic E-state index is -0.635. The minimum absolute atomic E-state index is 0.100. The molecule has 0 spiro atoms. The molecule has 0 atom stereocenters. The van der Waals surface area contributed by atoms with Gasteiger partial charge in [0.25, 0.3) is 5.91 Å². The zero-order chi connectivity index (χ0) is 13.8. The van der Waals surface area contributed by atoms with Crippen LogP contribution in [0.1, 0.15) is 21.9 Å². The predicted octanol–water partition coefficient (Wildman–Crippen LogP) is 2.00. The number of rotatable bonds is 3. The maximum absolute atomic E-state index is 13.1. The molecule has 0 bridgehead atoms. The van der Waals surface area contributed by atoms with Crippen molar-refractivity contribution in [1.29, 1.82) is 5.26 Å². The number of benzene rings is 1. The number of carbonyl (C=O) groups is 1. The van der Waals surface area contributed by atoms with Gasteiger partial charge in [0.15, 0.2) is 5.76 Å². The van der Waals surface area contributed by atoms with E-state index in [1.807, 2.05) is 0 Å². The summed E-state index contributed by atoms with van der Waals surface area (Å²) in [4.78, 5) is 11.8. The molecule has 1 amide bonds. The van der Waals surface area contributed by atoms with Gasteiger partial charge in [-0.25, -0.2) is 4.39 Å². The highest BCUT2D eigenvalue weighted by Gasteiger charge is 2.12. The van der Waals surface area contributed by atoms with Crippen LogP contribution in [0.25, 0.3) is 0 Å². The molecule has 0 aliphatic rings. The third-order valence-electron chi connectivity index (χ3n) is 2.43. The van der Waals surface area contributed by atoms with Crippen LogP contribution in [-0.4, -0.2) is 5.91 Å². The third kappa shape index (κ3) is 2.78. The van der Waals surface area contributed by atoms with Crippen molar-refractivity contribution in [1.82, 2.24) is 0 Å². The molecule has 19 heavy (non-hydrogen) atoms. The van der Waals surface area contributed by atoms with E-state index in [1.165, 1.54) is 18.2 Å². The summed E-state index contributed by atoms with van der Waals surface area (Å²) in [5.41, 5.74) is 5.54. The largest absolute Gasteiger partial charge is 0.455 e. The zero-order valence-corrected chi connectivity index (χ0v) is 9.81. The topological polar surface area (TPSA) is 92.0 Å². The first-order chi connectivity index (χ1) is 9.13. The molecule has 0 saturated carbocycles. The van der Waals surface area contributed by atoms with Gasteiger partial charge < -0.3 is 15.5 Å². The fraction of sp³-hybridized carbons (Fsp3) is 0.0769. The van der Waals surface area contributed by atoms with Gasteiger partial charge in [0.1, 0.15) is 17.6 Å². The monoisotopic (exact) mass is 259 g/mol. The highest BCUT2D eigenvalue weighted by Crippen LogP contribution is 2.16. The maximum atomic E-state index is 13.1. The Labute approximate surface area is 108 Å². The number of anilines is 1. The lowest BCUT2D eigenvalue weighted by molar-refractivity contribution is 0.0995. The number of nitrogens with one attached hydrogen (secondary N) is 1. The molecule has 1 aromatic carbocycles. The Morgan fingerprint density at radius 1 is 1.42 bits per heavy atom. The van der Waals surface area contributed by atoms with Crippen LogP contribution < -0.4 is 11.1 Å². The van der Waals surface area contributed by atoms with E-state index in [0.29, 0.717) is 11.4 Å². The SMILES string of the molecule is N#Cc1cc(NC(=O)c2ccc(CN)o2)ccc1F. The Hall–Kier alpha value is -2.65. The number of nitriles is 1. The van der Waals surface area contributed by atoms with Crippen LogP contribution in [0, 0.1) is 17.1 Å². The van der Waals surface area contributed by atoms with Crippen LogP contribution in [0.3, 0.4) is 0 Å². The predicted molar refractivity (Wildman–Crippen MR) is 65.7 cm³/mol. The Kier molecular flexibility index (Phi) is 3.59. The average molecular weight is 259 g/mol. The van der Waals surface area contributed by atoms with Gasteiger partial charge >= 0.3 is 0 Å². The minimum Gasteiger partial charge on any atom is -0.455 e. The number of hydrogen-bond acceptors (Lipinski definition) is 4. The molecule has 1 aromatic heterocycles. The fourth-order valence-electron chi connectivity index (χ4n) is 1.49. The Morgan fingerprint density at radius 3 is 2.84 bits per heavy atom. The van der Waals surface area contributed by atoms with Crippen molar-refractivity contribution in [2.24, 2.45) is 5.73 Å². The molecule has 2 rings (SSSR count). The fourth-order valence-corrected chi connectivity index (χ4v) is 1.49. The van der Waals surface area contributed by atoms with Gasteiger partial charge in [-0.05, 0) is 30.3 Å². The van der Waals surface area contributed by atoms with E-state index < -0.39 is 11.7 Å². The molecular formula is C13H10FN3O2. The molecule has 0 saturated heterocycles. The maximum Gasteiger partial charge on any atom is 0.291 e. The Balaban J connectivity index is 2.17. The van der Waals surface area contributed by atoms with Crippen LogP contribution in [0.15, 0.2) is 34.7 Å². The van der Waals surface area contributed by atoms with Crippen LogP contribution in [-0.2, 0) is 6.54 Å². The van der Waals surface area contributed by atoms with Crippen LogP contribution in [0.5, 0.6) is 0 Å². The lowest BCUT2D eigenvalue weighted by atomic mass is 10.2. The Bertz CT molecular complexity index is 658. The van der Waals surface area contributed by atoms with Crippen LogP contribution in [0.2, 0.25) is 0 Å². The zero-order valence-electron chi connectivity index (χ0n) is 9.81. The van der Waals surface area contributed by atoms with E-state index in [4.69, 9.17) is 15.4 Å². The summed E-state index contributed by atoms with van der Waals surface area (Å²) in [7, 11) is 0. The number of nitrogens with two attached hydrogens (primary N) is 1. The standard InChI is InChI=1S/C13H10FN3O2/c14-11-3-1-9(5-8(11)6-15)17-13(18)12-4-2-10(7-16)19-12/h1-5H,7,16H2,(H,17,18). The molecule has 6 heteroatoms. The number of furan rings is 1. The second-order valence-corrected chi connectivity index (χ2v) is 3.73. The molecule has 0 aliphatic heterocycles. The van der Waals surface area contributed by atoms with Crippen molar-refractivity contribution >= 4 is 11.6 Å². The molecule has 0 radical (unpaired) electrons. The van der Waals surface area contributed by atoms with Gasteiger partial charge in [-0.1, -0.05) is 0 Å². The summed E-state index contributed by atoms with van der Waals surface area (Å²) in [6, 6.07) is 8.51. The van der Waals surface area contributed by atoms with E-state index in [0.717, 1.165) is 6.07 Å². The second kappa shape index (κ2) is 5.33. The quantitative estimate of drug-likeness (QED) is 0.881. The highest BCUT2D eigenvalue weighted by molar-refractivity contribution is 6.02. The molecule has 3 N–H and O–H groups in total. The molecule has 0 fully saturated rings. The first-order valence-corrected chi connectivity index (χ1v) is 5.44. The average Bonchev–Trinajstić information content (AvgIpc) is 2.90. The molecule has 0 unspecified atom stereocenters. The van der Waals surface area contributed by atoms with Crippen molar-refractivity contribution in [2.45, 2.75) is 6.54 Å². The number of halogens is 1. The van der Waals surface area contributed by atoms with Gasteiger partial charge in [0.05, 0.1) is 12.1 Å². The molecule has 96 valence electrons. The van der Waals surface area contributed by atoms with Crippen molar-refractivity contribution < 1.29 is 13.6 Å². The second-order valence-electron chi connectivity index (χ2n) is 3.73. The van der Waals surface area contributed by atoms with Crippen LogP contribution >= 0.6 is 0 Å². The van der Waals surface area contributed by atoms with Crippen molar-refractivity contribution in [3.63, 3.8) is 0 Å². The van der Waals surface area contributed by atoms with E-state index in [1.54, 1.807) is 12.1 Å². The van der Waals surface area contributed by atoms with E-state index in [2.05, 4.69) is 5.32 Å². The first kappa shape index (κ1) is 12.8.